The fourth-order valence-corrected chi connectivity index (χ4v) is 3.33. The minimum absolute atomic E-state index is 0.0553. The molecule has 0 saturated carbocycles. The number of hydrogen-bond acceptors (Lipinski definition) is 6. The van der Waals surface area contributed by atoms with Crippen LogP contribution in [-0.4, -0.2) is 56.4 Å². The van der Waals surface area contributed by atoms with E-state index in [-0.39, 0.29) is 23.6 Å². The number of nitrogens with zero attached hydrogens (tertiary/aromatic N) is 1. The lowest BCUT2D eigenvalue weighted by molar-refractivity contribution is -0.115. The third kappa shape index (κ3) is 6.00. The first-order valence-corrected chi connectivity index (χ1v) is 9.82. The maximum Gasteiger partial charge on any atom is 0.238 e. The highest BCUT2D eigenvalue weighted by atomic mass is 19.1. The molecule has 0 saturated heterocycles. The van der Waals surface area contributed by atoms with Gasteiger partial charge in [0.2, 0.25) is 5.91 Å². The van der Waals surface area contributed by atoms with E-state index in [1.807, 2.05) is 6.92 Å². The van der Waals surface area contributed by atoms with Crippen molar-refractivity contribution in [2.45, 2.75) is 6.92 Å². The van der Waals surface area contributed by atoms with Crippen LogP contribution in [0.25, 0.3) is 11.0 Å². The van der Waals surface area contributed by atoms with Gasteiger partial charge in [-0.05, 0) is 24.3 Å². The summed E-state index contributed by atoms with van der Waals surface area (Å²) in [5, 5.41) is 6.51. The molecule has 8 nitrogen and oxygen atoms in total. The number of carbonyl (C=O) groups excluding carboxylic acids is 1. The number of rotatable bonds is 11. The number of halogens is 1. The van der Waals surface area contributed by atoms with Crippen LogP contribution in [0.4, 0.5) is 10.1 Å². The smallest absolute Gasteiger partial charge is 0.238 e. The molecular weight excluding hydrogens is 403 g/mol. The molecule has 0 spiro atoms. The van der Waals surface area contributed by atoms with E-state index in [1.165, 1.54) is 12.1 Å². The normalized spacial score (nSPS) is 11.6. The second-order valence-electron chi connectivity index (χ2n) is 7.62. The van der Waals surface area contributed by atoms with Crippen molar-refractivity contribution in [3.63, 3.8) is 0 Å². The number of pyridine rings is 1. The third-order valence-electron chi connectivity index (χ3n) is 4.68. The number of nitrogens with one attached hydrogen (secondary N) is 3. The standard InChI is InChI=1S/C22H27FN4O4/c1-22(13-29-2,14-30-3)12-24-11-20(28)27-15-4-5-19(17(23)10-15)31-18-7-9-26-21-16(18)6-8-25-21/h4-10,24H,11-14H2,1-3H3,(H,25,26)(H,27,28). The number of ether oxygens (including phenoxy) is 3. The van der Waals surface area contributed by atoms with E-state index in [4.69, 9.17) is 14.2 Å². The average Bonchev–Trinajstić information content (AvgIpc) is 3.20. The molecule has 31 heavy (non-hydrogen) atoms. The molecule has 2 aromatic heterocycles. The summed E-state index contributed by atoms with van der Waals surface area (Å²) in [5.74, 6) is -0.325. The Morgan fingerprint density at radius 2 is 1.94 bits per heavy atom. The zero-order valence-electron chi connectivity index (χ0n) is 17.8. The molecule has 166 valence electrons. The second kappa shape index (κ2) is 10.3. The number of anilines is 1. The van der Waals surface area contributed by atoms with Gasteiger partial charge in [-0.3, -0.25) is 4.79 Å². The Balaban J connectivity index is 1.56. The SMILES string of the molecule is COCC(C)(CNCC(=O)Nc1ccc(Oc2ccnc3[nH]ccc23)c(F)c1)COC. The van der Waals surface area contributed by atoms with Gasteiger partial charge in [-0.15, -0.1) is 0 Å². The molecule has 1 aromatic carbocycles. The fraction of sp³-hybridized carbons (Fsp3) is 0.364. The quantitative estimate of drug-likeness (QED) is 0.432. The zero-order chi connectivity index (χ0) is 22.3. The van der Waals surface area contributed by atoms with E-state index in [0.717, 1.165) is 5.39 Å². The first-order valence-electron chi connectivity index (χ1n) is 9.82. The molecule has 0 bridgehead atoms. The van der Waals surface area contributed by atoms with Crippen molar-refractivity contribution in [3.8, 4) is 11.5 Å². The number of methoxy groups -OCH3 is 2. The number of aromatic amines is 1. The molecule has 1 amide bonds. The predicted octanol–water partition coefficient (Wildman–Crippen LogP) is 3.32. The van der Waals surface area contributed by atoms with Gasteiger partial charge in [-0.1, -0.05) is 6.92 Å². The maximum atomic E-state index is 14.5. The Kier molecular flexibility index (Phi) is 7.56. The lowest BCUT2D eigenvalue weighted by Crippen LogP contribution is -2.41. The van der Waals surface area contributed by atoms with Crippen molar-refractivity contribution in [2.24, 2.45) is 5.41 Å². The van der Waals surface area contributed by atoms with Gasteiger partial charge >= 0.3 is 0 Å². The summed E-state index contributed by atoms with van der Waals surface area (Å²) in [6.45, 7) is 3.60. The van der Waals surface area contributed by atoms with Crippen LogP contribution in [0.5, 0.6) is 11.5 Å². The van der Waals surface area contributed by atoms with E-state index in [2.05, 4.69) is 20.6 Å². The monoisotopic (exact) mass is 430 g/mol. The molecule has 9 heteroatoms. The van der Waals surface area contributed by atoms with Crippen LogP contribution in [0.15, 0.2) is 42.7 Å². The third-order valence-corrected chi connectivity index (χ3v) is 4.68. The van der Waals surface area contributed by atoms with Gasteiger partial charge in [0.15, 0.2) is 11.6 Å². The molecule has 0 radical (unpaired) electrons. The molecule has 3 aromatic rings. The molecule has 0 aliphatic carbocycles. The number of carbonyl (C=O) groups is 1. The minimum atomic E-state index is -0.584. The van der Waals surface area contributed by atoms with Gasteiger partial charge in [-0.25, -0.2) is 9.37 Å². The summed E-state index contributed by atoms with van der Waals surface area (Å²) < 4.78 is 30.7. The summed E-state index contributed by atoms with van der Waals surface area (Å²) in [6.07, 6.45) is 3.32. The Hall–Kier alpha value is -3.01. The number of H-pyrrole nitrogens is 1. The van der Waals surface area contributed by atoms with Gasteiger partial charge in [0, 0.05) is 50.3 Å². The lowest BCUT2D eigenvalue weighted by atomic mass is 9.93. The minimum Gasteiger partial charge on any atom is -0.453 e. The molecule has 3 N–H and O–H groups in total. The van der Waals surface area contributed by atoms with Gasteiger partial charge in [0.25, 0.3) is 0 Å². The molecule has 0 fully saturated rings. The van der Waals surface area contributed by atoms with Crippen LogP contribution in [0.2, 0.25) is 0 Å². The van der Waals surface area contributed by atoms with E-state index in [1.54, 1.807) is 44.8 Å². The summed E-state index contributed by atoms with van der Waals surface area (Å²) in [6, 6.07) is 7.76. The second-order valence-corrected chi connectivity index (χ2v) is 7.62. The van der Waals surface area contributed by atoms with Crippen LogP contribution in [-0.2, 0) is 14.3 Å². The van der Waals surface area contributed by atoms with Crippen LogP contribution >= 0.6 is 0 Å². The van der Waals surface area contributed by atoms with Crippen LogP contribution in [0.3, 0.4) is 0 Å². The van der Waals surface area contributed by atoms with Gasteiger partial charge < -0.3 is 29.8 Å². The zero-order valence-corrected chi connectivity index (χ0v) is 17.8. The van der Waals surface area contributed by atoms with Crippen molar-refractivity contribution >= 4 is 22.6 Å². The molecule has 2 heterocycles. The highest BCUT2D eigenvalue weighted by molar-refractivity contribution is 5.92. The van der Waals surface area contributed by atoms with Crippen molar-refractivity contribution < 1.29 is 23.4 Å². The summed E-state index contributed by atoms with van der Waals surface area (Å²) >= 11 is 0. The summed E-state index contributed by atoms with van der Waals surface area (Å²) in [5.41, 5.74) is 0.739. The number of benzene rings is 1. The van der Waals surface area contributed by atoms with Gasteiger partial charge in [-0.2, -0.15) is 0 Å². The average molecular weight is 430 g/mol. The largest absolute Gasteiger partial charge is 0.453 e. The molecule has 0 aliphatic rings. The number of aromatic nitrogens is 2. The maximum absolute atomic E-state index is 14.5. The van der Waals surface area contributed by atoms with E-state index in [0.29, 0.717) is 36.8 Å². The molecule has 0 unspecified atom stereocenters. The van der Waals surface area contributed by atoms with Crippen molar-refractivity contribution in [2.75, 3.05) is 45.8 Å². The molecular formula is C22H27FN4O4. The van der Waals surface area contributed by atoms with Crippen molar-refractivity contribution in [1.29, 1.82) is 0 Å². The van der Waals surface area contributed by atoms with Gasteiger partial charge in [0.05, 0.1) is 25.1 Å². The van der Waals surface area contributed by atoms with E-state index >= 15 is 0 Å². The van der Waals surface area contributed by atoms with E-state index < -0.39 is 5.82 Å². The van der Waals surface area contributed by atoms with Gasteiger partial charge in [0.1, 0.15) is 11.4 Å². The number of hydrogen-bond donors (Lipinski definition) is 3. The summed E-state index contributed by atoms with van der Waals surface area (Å²) in [4.78, 5) is 19.4. The molecule has 3 rings (SSSR count). The van der Waals surface area contributed by atoms with Crippen LogP contribution < -0.4 is 15.4 Å². The fourth-order valence-electron chi connectivity index (χ4n) is 3.33. The Morgan fingerprint density at radius 1 is 1.16 bits per heavy atom. The highest BCUT2D eigenvalue weighted by Crippen LogP contribution is 2.31. The first-order chi connectivity index (χ1) is 14.9. The van der Waals surface area contributed by atoms with E-state index in [9.17, 15) is 9.18 Å². The topological polar surface area (TPSA) is 97.5 Å². The lowest BCUT2D eigenvalue weighted by Gasteiger charge is -2.28. The van der Waals surface area contributed by atoms with Crippen LogP contribution in [0.1, 0.15) is 6.92 Å². The van der Waals surface area contributed by atoms with Crippen molar-refractivity contribution in [3.05, 3.63) is 48.5 Å². The predicted molar refractivity (Wildman–Crippen MR) is 116 cm³/mol. The Bertz CT molecular complexity index is 1020. The van der Waals surface area contributed by atoms with Crippen molar-refractivity contribution in [1.82, 2.24) is 15.3 Å². The number of fused-ring (bicyclic) bond motifs is 1. The highest BCUT2D eigenvalue weighted by Gasteiger charge is 2.24. The molecule has 0 atom stereocenters. The van der Waals surface area contributed by atoms with Crippen LogP contribution in [0, 0.1) is 11.2 Å². The first kappa shape index (κ1) is 22.7. The number of amides is 1. The molecule has 0 aliphatic heterocycles. The summed E-state index contributed by atoms with van der Waals surface area (Å²) in [7, 11) is 3.25. The Morgan fingerprint density at radius 3 is 2.65 bits per heavy atom. The Labute approximate surface area is 180 Å².